The molecule has 11 N–H and O–H groups in total. The third kappa shape index (κ3) is 16.5. The number of nitrogens with one attached hydrogen (secondary N) is 11. The molecular weight excluding hydrogens is 1620 g/mol. The van der Waals surface area contributed by atoms with E-state index in [4.69, 9.17) is 47.3 Å². The van der Waals surface area contributed by atoms with Gasteiger partial charge in [0.15, 0.2) is 22.8 Å². The Morgan fingerprint density at radius 1 is 0.514 bits per heavy atom. The molecule has 0 aliphatic carbocycles. The molecule has 0 spiro atoms. The maximum absolute atomic E-state index is 12.9. The average Bonchev–Trinajstić information content (AvgIpc) is 1.75. The number of rotatable bonds is 8. The molecule has 0 radical (unpaired) electrons. The van der Waals surface area contributed by atoms with Gasteiger partial charge in [-0.2, -0.15) is 30.9 Å². The summed E-state index contributed by atoms with van der Waals surface area (Å²) in [5.74, 6) is 3.18. The second-order valence-corrected chi connectivity index (χ2v) is 30.2. The van der Waals surface area contributed by atoms with Crippen LogP contribution in [0, 0.1) is 66.7 Å². The number of piperidine rings is 3. The predicted octanol–water partition coefficient (Wildman–Crippen LogP) is 16.5. The molecule has 0 bridgehead atoms. The third-order valence-electron chi connectivity index (χ3n) is 20.9. The Morgan fingerprint density at radius 3 is 1.29 bits per heavy atom. The van der Waals surface area contributed by atoms with Crippen molar-refractivity contribution in [3.63, 3.8) is 0 Å². The molecule has 1 amide bonds. The van der Waals surface area contributed by atoms with Crippen LogP contribution in [0.25, 0.3) is 30.4 Å². The molecule has 111 heavy (non-hydrogen) atoms. The van der Waals surface area contributed by atoms with E-state index in [0.717, 1.165) is 180 Å². The number of nitrogens with zero attached hydrogens (tertiary/aromatic N) is 13. The second kappa shape index (κ2) is 36.1. The Kier molecular flexibility index (Phi) is 26.5. The number of nitriles is 2. The van der Waals surface area contributed by atoms with E-state index in [2.05, 4.69) is 152 Å². The molecule has 33 heteroatoms. The molecule has 5 aromatic heterocycles. The number of H-pyrrole nitrogens is 4. The summed E-state index contributed by atoms with van der Waals surface area (Å²) < 4.78 is 12.0. The first-order valence-corrected chi connectivity index (χ1v) is 37.7. The van der Waals surface area contributed by atoms with Crippen molar-refractivity contribution in [3.05, 3.63) is 264 Å². The topological polar surface area (TPSA) is 332 Å². The van der Waals surface area contributed by atoms with E-state index in [9.17, 15) is 15.3 Å². The first kappa shape index (κ1) is 81.5. The van der Waals surface area contributed by atoms with E-state index < -0.39 is 17.6 Å². The van der Waals surface area contributed by atoms with Crippen LogP contribution in [0.1, 0.15) is 151 Å². The minimum atomic E-state index is -0.608. The number of likely N-dealkylation sites (tertiary alicyclic amines) is 1. The fraction of sp³-hybridized carbons (Fsp3) is 0.346. The number of anilines is 4. The van der Waals surface area contributed by atoms with E-state index in [1.54, 1.807) is 41.8 Å². The maximum atomic E-state index is 12.9. The summed E-state index contributed by atoms with van der Waals surface area (Å²) in [6, 6.07) is 28.7. The van der Waals surface area contributed by atoms with Crippen LogP contribution < -0.4 is 37.2 Å². The molecule has 5 unspecified atom stereocenters. The number of allylic oxidation sites excluding steroid dienone is 7. The van der Waals surface area contributed by atoms with E-state index in [1.807, 2.05) is 87.5 Å². The zero-order chi connectivity index (χ0) is 75.2. The van der Waals surface area contributed by atoms with Crippen molar-refractivity contribution in [2.75, 3.05) is 67.1 Å². The molecule has 4 aromatic carbocycles. The van der Waals surface area contributed by atoms with Gasteiger partial charge in [0.05, 0.1) is 91.9 Å². The Hall–Kier alpha value is -10.5. The summed E-state index contributed by atoms with van der Waals surface area (Å²) in [5.41, 5.74) is 15.4. The monoisotopic (exact) mass is 1700 g/mol. The molecule has 17 rings (SSSR count). The van der Waals surface area contributed by atoms with Crippen molar-refractivity contribution < 1.29 is 14.2 Å². The van der Waals surface area contributed by atoms with Gasteiger partial charge in [-0.1, -0.05) is 66.2 Å². The quantitative estimate of drug-likeness (QED) is 0.0630. The van der Waals surface area contributed by atoms with Gasteiger partial charge in [-0.25, -0.2) is 28.8 Å². The molecule has 0 saturated carbocycles. The molecule has 570 valence electrons. The van der Waals surface area contributed by atoms with Gasteiger partial charge in [0.2, 0.25) is 0 Å². The third-order valence-corrected chi connectivity index (χ3v) is 23.0. The molecule has 4 fully saturated rings. The van der Waals surface area contributed by atoms with Crippen LogP contribution in [0.3, 0.4) is 0 Å². The Bertz CT molecular complexity index is 5320. The van der Waals surface area contributed by atoms with Gasteiger partial charge in [0.1, 0.15) is 52.0 Å². The van der Waals surface area contributed by atoms with E-state index in [1.165, 1.54) is 0 Å². The zero-order valence-electron chi connectivity index (χ0n) is 60.4. The Balaban J connectivity index is 0.000000146. The lowest BCUT2D eigenvalue weighted by molar-refractivity contribution is 0.0249. The number of halogens is 6. The van der Waals surface area contributed by atoms with Crippen LogP contribution in [0.4, 0.5) is 28.1 Å². The minimum Gasteiger partial charge on any atom is -0.444 e. The van der Waals surface area contributed by atoms with Crippen LogP contribution >= 0.6 is 80.7 Å². The van der Waals surface area contributed by atoms with Gasteiger partial charge < -0.3 is 46.9 Å². The highest BCUT2D eigenvalue weighted by molar-refractivity contribution is 9.11. The van der Waals surface area contributed by atoms with E-state index in [0.29, 0.717) is 84.6 Å². The second-order valence-electron chi connectivity index (χ2n) is 28.2. The lowest BCUT2D eigenvalue weighted by Crippen LogP contribution is -2.42. The van der Waals surface area contributed by atoms with E-state index in [-0.39, 0.29) is 61.0 Å². The average molecular weight is 1700 g/mol. The number of aromatic amines is 4. The van der Waals surface area contributed by atoms with Crippen molar-refractivity contribution in [3.8, 4) is 12.1 Å². The number of hydrogen-bond acceptors (Lipinski definition) is 18. The summed E-state index contributed by atoms with van der Waals surface area (Å²) >= 11 is 13.6. The number of ether oxygens (including phenoxy) is 1. The molecule has 4 saturated heterocycles. The molecule has 5 atom stereocenters. The highest BCUT2D eigenvalue weighted by Crippen LogP contribution is 2.51. The highest BCUT2D eigenvalue weighted by Gasteiger charge is 2.44. The van der Waals surface area contributed by atoms with Gasteiger partial charge in [0.25, 0.3) is 0 Å². The van der Waals surface area contributed by atoms with Crippen molar-refractivity contribution in [1.29, 1.82) is 10.5 Å². The largest absolute Gasteiger partial charge is 0.444 e. The van der Waals surface area contributed by atoms with Crippen molar-refractivity contribution in [2.24, 2.45) is 17.8 Å². The van der Waals surface area contributed by atoms with Gasteiger partial charge in [-0.15, -0.1) is 37.2 Å². The number of aromatic nitrogens is 10. The fourth-order valence-corrected chi connectivity index (χ4v) is 17.2. The first-order chi connectivity index (χ1) is 52.6. The molecule has 27 nitrogen and oxygen atoms in total. The molecule has 13 heterocycles. The Morgan fingerprint density at radius 2 is 0.883 bits per heavy atom. The van der Waals surface area contributed by atoms with Gasteiger partial charge in [-0.05, 0) is 218 Å². The number of hydrogen-bond donors (Lipinski definition) is 11. The first-order valence-electron chi connectivity index (χ1n) is 35.8. The van der Waals surface area contributed by atoms with Crippen molar-refractivity contribution in [2.45, 2.75) is 107 Å². The molecular formula is C78H78Br2Cl4N24O3. The van der Waals surface area contributed by atoms with Crippen LogP contribution in [-0.2, 0) is 4.74 Å². The zero-order valence-corrected chi connectivity index (χ0v) is 66.8. The summed E-state index contributed by atoms with van der Waals surface area (Å²) in [6.07, 6.45) is 14.2. The lowest BCUT2D eigenvalue weighted by atomic mass is 9.82. The lowest BCUT2D eigenvalue weighted by Gasteiger charge is -2.34. The number of carbonyl (C=O) groups excluding carboxylic acids is 1. The number of amides is 1. The van der Waals surface area contributed by atoms with Gasteiger partial charge in [-0.3, -0.25) is 20.4 Å². The normalized spacial score (nSPS) is 19.9. The predicted molar refractivity (Wildman–Crippen MR) is 436 cm³/mol. The Labute approximate surface area is 681 Å². The molecule has 9 aromatic rings. The maximum Gasteiger partial charge on any atom is 0.410 e. The molecule has 8 aliphatic rings. The summed E-state index contributed by atoms with van der Waals surface area (Å²) in [6.45, 7) is 43.5. The highest BCUT2D eigenvalue weighted by atomic mass is 79.9. The summed E-state index contributed by atoms with van der Waals surface area (Å²) in [4.78, 5) is 30.3. The van der Waals surface area contributed by atoms with Crippen molar-refractivity contribution in [1.82, 2.24) is 72.0 Å². The number of carbonyl (C=O) groups is 1. The smallest absolute Gasteiger partial charge is 0.410 e. The van der Waals surface area contributed by atoms with Crippen LogP contribution in [0.15, 0.2) is 163 Å². The minimum absolute atomic E-state index is 0. The van der Waals surface area contributed by atoms with Crippen LogP contribution in [0.2, 0.25) is 5.02 Å². The number of fused-ring (bicyclic) bond motifs is 5. The van der Waals surface area contributed by atoms with Crippen LogP contribution in [0.5, 0.6) is 0 Å². The van der Waals surface area contributed by atoms with Gasteiger partial charge in [0, 0.05) is 65.6 Å². The van der Waals surface area contributed by atoms with Gasteiger partial charge >= 0.3 is 6.09 Å². The SMILES string of the molecule is Cl.Cl.Cl.[C-]#[N+]C1=C(C2CCCN2C(=O)OC(C)(C)C)Nc2[nH]ncc2C1c1cccc(C#N)c1Br.[C-]#[N+]C1=C(C2CCNCC2)Nc2[nH]ncc2C1c1cccc(C#N)c1Br.[C-]#[N+]C1=C(C2CCNCC2)Nc2[nH]ncc2C1c1cccc2nonc12.[C-]#[N+]C1=C(C2CCNCC2)Nc2[nH]ncc2C1c1ccccc1Cl. The summed E-state index contributed by atoms with van der Waals surface area (Å²) in [5, 5.41) is 80.2. The molecule has 8 aliphatic heterocycles. The number of benzene rings is 4. The van der Waals surface area contributed by atoms with E-state index >= 15 is 0 Å². The fourth-order valence-electron chi connectivity index (χ4n) is 15.8. The van der Waals surface area contributed by atoms with Crippen molar-refractivity contribution >= 4 is 121 Å². The standard InChI is InChI=1S/C23H23BrN6O2.C19H17BrN6.C18H18ClN5.C18H17N7O.3ClH/c1-23(2,3)32-22(31)30-10-6-9-16(30)19-20(26-4)17(15-12-27-29-21(15)28-19)14-8-5-7-13(11-25)18(14)24;1-22-18-15(13-4-2-3-12(9-21)16(13)20)14-10-24-26-19(14)25-17(18)11-5-7-23-8-6-11;1-20-17-15(12-4-2-3-5-14(12)19)13-10-22-24-18(13)23-16(17)11-6-8-21-9-7-11;1-19-17-14(11-3-2-4-13-16(11)25-26-24-13)12-9-21-23-18(12)22-15(17)10-5-7-20-8-6-10;;;/h5,7-8,12,16-17H,6,9-10H2,1-3H3,(H2,27,28,29);2-4,10-11,15,23H,5-8H2,(H2,24,25,26);2-5,10-11,15,21H,6-9H2,(H2,22,23,24);2-4,9-10,14,20H,5-8H2,(H2,21,22,23);3*1H. The van der Waals surface area contributed by atoms with Crippen LogP contribution in [-0.4, -0.2) is 120 Å². The summed E-state index contributed by atoms with van der Waals surface area (Å²) in [7, 11) is 0.